The molecule has 0 aromatic heterocycles. The standard InChI is InChI=1S/C14H17FN2O2.CH4/c1-3-17(4-2)14(18)12-13(19-9-16-12)10-5-7-11(15)8-6-10;/h5-9,12-13H,3-4H2,1-2H3;1H4/t12-,13+;/m0./s1. The zero-order chi connectivity index (χ0) is 13.8. The minimum Gasteiger partial charge on any atom is -0.473 e. The molecule has 0 bridgehead atoms. The number of halogens is 1. The van der Waals surface area contributed by atoms with Crippen molar-refractivity contribution in [3.63, 3.8) is 0 Å². The lowest BCUT2D eigenvalue weighted by Crippen LogP contribution is -2.39. The predicted molar refractivity (Wildman–Crippen MR) is 77.2 cm³/mol. The molecule has 1 heterocycles. The number of aliphatic imine (C=N–C) groups is 1. The van der Waals surface area contributed by atoms with Crippen LogP contribution in [0, 0.1) is 5.82 Å². The molecule has 0 fully saturated rings. The molecule has 0 N–H and O–H groups in total. The van der Waals surface area contributed by atoms with Gasteiger partial charge in [0.1, 0.15) is 5.82 Å². The summed E-state index contributed by atoms with van der Waals surface area (Å²) in [5.74, 6) is -0.373. The third kappa shape index (κ3) is 3.15. The number of hydrogen-bond acceptors (Lipinski definition) is 3. The minimum absolute atomic E-state index is 0. The number of likely N-dealkylation sites (N-methyl/N-ethyl adjacent to an activating group) is 1. The van der Waals surface area contributed by atoms with Gasteiger partial charge in [-0.15, -0.1) is 0 Å². The first-order valence-electron chi connectivity index (χ1n) is 6.38. The average molecular weight is 280 g/mol. The average Bonchev–Trinajstić information content (AvgIpc) is 2.90. The number of carbonyl (C=O) groups excluding carboxylic acids is 1. The van der Waals surface area contributed by atoms with E-state index in [1.807, 2.05) is 13.8 Å². The molecule has 1 aromatic carbocycles. The Labute approximate surface area is 119 Å². The van der Waals surface area contributed by atoms with Crippen molar-refractivity contribution in [2.45, 2.75) is 33.4 Å². The highest BCUT2D eigenvalue weighted by Gasteiger charge is 2.35. The van der Waals surface area contributed by atoms with Crippen LogP contribution in [0.1, 0.15) is 32.9 Å². The summed E-state index contributed by atoms with van der Waals surface area (Å²) in [7, 11) is 0. The fourth-order valence-electron chi connectivity index (χ4n) is 2.15. The fourth-order valence-corrected chi connectivity index (χ4v) is 2.15. The molecule has 2 atom stereocenters. The van der Waals surface area contributed by atoms with Crippen LogP contribution in [0.25, 0.3) is 0 Å². The van der Waals surface area contributed by atoms with Crippen LogP contribution in [0.15, 0.2) is 29.3 Å². The molecule has 4 nitrogen and oxygen atoms in total. The summed E-state index contributed by atoms with van der Waals surface area (Å²) >= 11 is 0. The summed E-state index contributed by atoms with van der Waals surface area (Å²) < 4.78 is 18.3. The van der Waals surface area contributed by atoms with E-state index in [9.17, 15) is 9.18 Å². The Bertz CT molecular complexity index is 469. The Morgan fingerprint density at radius 2 is 1.90 bits per heavy atom. The maximum atomic E-state index is 12.9. The van der Waals surface area contributed by atoms with Gasteiger partial charge in [0.25, 0.3) is 5.91 Å². The first kappa shape index (κ1) is 16.1. The molecular weight excluding hydrogens is 259 g/mol. The first-order chi connectivity index (χ1) is 9.17. The van der Waals surface area contributed by atoms with Crippen LogP contribution in [-0.2, 0) is 9.53 Å². The summed E-state index contributed by atoms with van der Waals surface area (Å²) in [6, 6.07) is 5.38. The lowest BCUT2D eigenvalue weighted by atomic mass is 10.0. The zero-order valence-electron chi connectivity index (χ0n) is 11.0. The molecule has 2 rings (SSSR count). The number of ether oxygens (including phenoxy) is 1. The van der Waals surface area contributed by atoms with Crippen molar-refractivity contribution in [1.29, 1.82) is 0 Å². The topological polar surface area (TPSA) is 41.9 Å². The second-order valence-corrected chi connectivity index (χ2v) is 4.32. The number of rotatable bonds is 4. The van der Waals surface area contributed by atoms with Gasteiger partial charge in [-0.25, -0.2) is 9.38 Å². The molecule has 1 aliphatic rings. The van der Waals surface area contributed by atoms with Crippen LogP contribution in [0.3, 0.4) is 0 Å². The van der Waals surface area contributed by atoms with Crippen LogP contribution in [0.2, 0.25) is 0 Å². The van der Waals surface area contributed by atoms with Gasteiger partial charge in [-0.3, -0.25) is 4.79 Å². The molecule has 20 heavy (non-hydrogen) atoms. The molecule has 0 aliphatic carbocycles. The smallest absolute Gasteiger partial charge is 0.251 e. The summed E-state index contributed by atoms with van der Waals surface area (Å²) in [5, 5.41) is 0. The largest absolute Gasteiger partial charge is 0.473 e. The second kappa shape index (κ2) is 7.03. The van der Waals surface area contributed by atoms with Gasteiger partial charge in [-0.2, -0.15) is 0 Å². The van der Waals surface area contributed by atoms with E-state index in [1.165, 1.54) is 18.5 Å². The number of amides is 1. The molecule has 0 saturated heterocycles. The normalized spacial score (nSPS) is 20.1. The van der Waals surface area contributed by atoms with E-state index in [2.05, 4.69) is 4.99 Å². The Hall–Kier alpha value is -1.91. The van der Waals surface area contributed by atoms with Crippen LogP contribution < -0.4 is 0 Å². The highest BCUT2D eigenvalue weighted by molar-refractivity contribution is 5.85. The Morgan fingerprint density at radius 1 is 1.30 bits per heavy atom. The van der Waals surface area contributed by atoms with E-state index in [-0.39, 0.29) is 19.2 Å². The van der Waals surface area contributed by atoms with E-state index in [4.69, 9.17) is 4.74 Å². The van der Waals surface area contributed by atoms with E-state index in [1.54, 1.807) is 17.0 Å². The molecule has 0 spiro atoms. The van der Waals surface area contributed by atoms with Gasteiger partial charge >= 0.3 is 0 Å². The summed E-state index contributed by atoms with van der Waals surface area (Å²) in [6.45, 7) is 5.12. The molecule has 0 radical (unpaired) electrons. The SMILES string of the molecule is C.CCN(CC)C(=O)[C@H]1N=CO[C@@H]1c1ccc(F)cc1. The van der Waals surface area contributed by atoms with E-state index in [0.29, 0.717) is 13.1 Å². The minimum atomic E-state index is -0.578. The third-order valence-electron chi connectivity index (χ3n) is 3.24. The summed E-state index contributed by atoms with van der Waals surface area (Å²) in [4.78, 5) is 18.1. The monoisotopic (exact) mass is 280 g/mol. The van der Waals surface area contributed by atoms with E-state index in [0.717, 1.165) is 5.56 Å². The van der Waals surface area contributed by atoms with Crippen LogP contribution >= 0.6 is 0 Å². The van der Waals surface area contributed by atoms with Gasteiger partial charge in [0, 0.05) is 13.1 Å². The van der Waals surface area contributed by atoms with Crippen molar-refractivity contribution in [3.05, 3.63) is 35.6 Å². The maximum Gasteiger partial charge on any atom is 0.251 e. The Balaban J connectivity index is 0.00000200. The Morgan fingerprint density at radius 3 is 2.45 bits per heavy atom. The summed E-state index contributed by atoms with van der Waals surface area (Å²) in [5.41, 5.74) is 0.754. The predicted octanol–water partition coefficient (Wildman–Crippen LogP) is 2.80. The van der Waals surface area contributed by atoms with Crippen molar-refractivity contribution in [3.8, 4) is 0 Å². The van der Waals surface area contributed by atoms with Crippen molar-refractivity contribution >= 4 is 12.3 Å². The zero-order valence-corrected chi connectivity index (χ0v) is 11.0. The van der Waals surface area contributed by atoms with E-state index < -0.39 is 12.1 Å². The molecule has 1 aromatic rings. The molecule has 5 heteroatoms. The van der Waals surface area contributed by atoms with Crippen molar-refractivity contribution in [2.24, 2.45) is 4.99 Å². The Kier molecular flexibility index (Phi) is 5.67. The molecule has 110 valence electrons. The van der Waals surface area contributed by atoms with Crippen LogP contribution in [-0.4, -0.2) is 36.3 Å². The van der Waals surface area contributed by atoms with Crippen LogP contribution in [0.5, 0.6) is 0 Å². The van der Waals surface area contributed by atoms with Gasteiger partial charge in [-0.1, -0.05) is 19.6 Å². The highest BCUT2D eigenvalue weighted by atomic mass is 19.1. The lowest BCUT2D eigenvalue weighted by molar-refractivity contribution is -0.133. The molecule has 1 amide bonds. The number of carbonyl (C=O) groups is 1. The second-order valence-electron chi connectivity index (χ2n) is 4.32. The quantitative estimate of drug-likeness (QED) is 0.851. The summed E-state index contributed by atoms with van der Waals surface area (Å²) in [6.07, 6.45) is 0.841. The molecule has 1 aliphatic heterocycles. The van der Waals surface area contributed by atoms with Crippen molar-refractivity contribution < 1.29 is 13.9 Å². The third-order valence-corrected chi connectivity index (χ3v) is 3.24. The molecule has 0 saturated carbocycles. The van der Waals surface area contributed by atoms with Crippen LogP contribution in [0.4, 0.5) is 4.39 Å². The first-order valence-corrected chi connectivity index (χ1v) is 6.38. The lowest BCUT2D eigenvalue weighted by Gasteiger charge is -2.24. The van der Waals surface area contributed by atoms with Gasteiger partial charge in [0.2, 0.25) is 0 Å². The van der Waals surface area contributed by atoms with Gasteiger partial charge in [-0.05, 0) is 31.5 Å². The number of hydrogen-bond donors (Lipinski definition) is 0. The molecular formula is C15H21FN2O2. The van der Waals surface area contributed by atoms with Gasteiger partial charge in [0.15, 0.2) is 18.5 Å². The molecule has 0 unspecified atom stereocenters. The van der Waals surface area contributed by atoms with Gasteiger partial charge in [0.05, 0.1) is 0 Å². The van der Waals surface area contributed by atoms with Gasteiger partial charge < -0.3 is 9.64 Å². The number of nitrogens with zero attached hydrogens (tertiary/aromatic N) is 2. The van der Waals surface area contributed by atoms with Crippen molar-refractivity contribution in [1.82, 2.24) is 4.90 Å². The van der Waals surface area contributed by atoms with E-state index >= 15 is 0 Å². The van der Waals surface area contributed by atoms with Crippen molar-refractivity contribution in [2.75, 3.05) is 13.1 Å². The number of benzene rings is 1. The fraction of sp³-hybridized carbons (Fsp3) is 0.467. The maximum absolute atomic E-state index is 12.9. The highest BCUT2D eigenvalue weighted by Crippen LogP contribution is 2.28.